The van der Waals surface area contributed by atoms with E-state index in [9.17, 15) is 13.2 Å². The van der Waals surface area contributed by atoms with E-state index in [1.807, 2.05) is 32.4 Å². The van der Waals surface area contributed by atoms with Crippen molar-refractivity contribution in [1.82, 2.24) is 20.1 Å². The summed E-state index contributed by atoms with van der Waals surface area (Å²) in [6, 6.07) is 0. The number of hydrogen-bond donors (Lipinski definition) is 1. The van der Waals surface area contributed by atoms with Crippen LogP contribution in [0.15, 0.2) is 5.16 Å². The molecule has 2 rings (SSSR count). The summed E-state index contributed by atoms with van der Waals surface area (Å²) in [6.45, 7) is 5.81. The molecule has 1 aromatic rings. The second-order valence-electron chi connectivity index (χ2n) is 7.02. The van der Waals surface area contributed by atoms with Crippen LogP contribution in [0.1, 0.15) is 33.0 Å². The molecule has 9 heteroatoms. The lowest BCUT2D eigenvalue weighted by molar-refractivity contribution is -0.119. The van der Waals surface area contributed by atoms with Crippen LogP contribution in [0.3, 0.4) is 0 Å². The Balaban J connectivity index is 1.91. The Bertz CT molecular complexity index is 677. The summed E-state index contributed by atoms with van der Waals surface area (Å²) in [5, 5.41) is 11.8. The topological polar surface area (TPSA) is 93.9 Å². The Morgan fingerprint density at radius 3 is 2.65 bits per heavy atom. The fraction of sp³-hybridized carbons (Fsp3) is 0.786. The largest absolute Gasteiger partial charge is 0.351 e. The van der Waals surface area contributed by atoms with Gasteiger partial charge in [-0.1, -0.05) is 11.8 Å². The summed E-state index contributed by atoms with van der Waals surface area (Å²) >= 11 is 1.33. The SMILES string of the molecule is Cn1c(C[C@@H]2CCS(=O)(=O)C2)nnc1SCC(=O)NC(C)(C)C. The minimum atomic E-state index is -2.88. The zero-order valence-corrected chi connectivity index (χ0v) is 15.6. The van der Waals surface area contributed by atoms with Gasteiger partial charge in [0.2, 0.25) is 5.91 Å². The van der Waals surface area contributed by atoms with Crippen LogP contribution in [0, 0.1) is 5.92 Å². The highest BCUT2D eigenvalue weighted by Crippen LogP contribution is 2.23. The normalized spacial score (nSPS) is 20.6. The molecule has 23 heavy (non-hydrogen) atoms. The molecule has 0 unspecified atom stereocenters. The lowest BCUT2D eigenvalue weighted by Gasteiger charge is -2.20. The maximum atomic E-state index is 11.8. The van der Waals surface area contributed by atoms with E-state index in [-0.39, 0.29) is 34.6 Å². The van der Waals surface area contributed by atoms with E-state index in [0.717, 1.165) is 5.82 Å². The van der Waals surface area contributed by atoms with Gasteiger partial charge in [0.05, 0.1) is 17.3 Å². The van der Waals surface area contributed by atoms with Crippen molar-refractivity contribution < 1.29 is 13.2 Å². The minimum Gasteiger partial charge on any atom is -0.351 e. The number of nitrogens with one attached hydrogen (secondary N) is 1. The third-order valence-electron chi connectivity index (χ3n) is 3.57. The summed E-state index contributed by atoms with van der Waals surface area (Å²) in [5.74, 6) is 1.62. The molecule has 0 radical (unpaired) electrons. The highest BCUT2D eigenvalue weighted by Gasteiger charge is 2.29. The Kier molecular flexibility index (Phi) is 5.40. The molecule has 1 fully saturated rings. The first-order valence-electron chi connectivity index (χ1n) is 7.58. The molecule has 1 aliphatic heterocycles. The highest BCUT2D eigenvalue weighted by molar-refractivity contribution is 7.99. The monoisotopic (exact) mass is 360 g/mol. The average Bonchev–Trinajstić information content (AvgIpc) is 2.90. The Morgan fingerprint density at radius 1 is 1.39 bits per heavy atom. The van der Waals surface area contributed by atoms with E-state index >= 15 is 0 Å². The van der Waals surface area contributed by atoms with Crippen LogP contribution < -0.4 is 5.32 Å². The van der Waals surface area contributed by atoms with Crippen LogP contribution in [-0.4, -0.2) is 51.9 Å². The van der Waals surface area contributed by atoms with E-state index in [4.69, 9.17) is 0 Å². The molecule has 1 aliphatic rings. The molecule has 1 N–H and O–H groups in total. The number of nitrogens with zero attached hydrogens (tertiary/aromatic N) is 3. The van der Waals surface area contributed by atoms with Crippen molar-refractivity contribution in [2.45, 2.75) is 44.3 Å². The second kappa shape index (κ2) is 6.80. The number of rotatable bonds is 5. The molecule has 0 aliphatic carbocycles. The molecule has 0 saturated carbocycles. The van der Waals surface area contributed by atoms with Gasteiger partial charge in [0, 0.05) is 19.0 Å². The van der Waals surface area contributed by atoms with Crippen LogP contribution in [0.25, 0.3) is 0 Å². The van der Waals surface area contributed by atoms with Crippen molar-refractivity contribution in [2.75, 3.05) is 17.3 Å². The van der Waals surface area contributed by atoms with Crippen molar-refractivity contribution in [3.63, 3.8) is 0 Å². The van der Waals surface area contributed by atoms with E-state index in [1.165, 1.54) is 11.8 Å². The van der Waals surface area contributed by atoms with E-state index < -0.39 is 9.84 Å². The van der Waals surface area contributed by atoms with Gasteiger partial charge in [0.15, 0.2) is 15.0 Å². The van der Waals surface area contributed by atoms with Gasteiger partial charge in [0.1, 0.15) is 5.82 Å². The summed E-state index contributed by atoms with van der Waals surface area (Å²) in [6.07, 6.45) is 1.29. The lowest BCUT2D eigenvalue weighted by atomic mass is 10.1. The first-order valence-corrected chi connectivity index (χ1v) is 10.4. The van der Waals surface area contributed by atoms with Crippen molar-refractivity contribution >= 4 is 27.5 Å². The lowest BCUT2D eigenvalue weighted by Crippen LogP contribution is -2.41. The Hall–Kier alpha value is -1.09. The number of carbonyl (C=O) groups excluding carboxylic acids is 1. The Morgan fingerprint density at radius 2 is 2.09 bits per heavy atom. The Labute approximate surface area is 141 Å². The van der Waals surface area contributed by atoms with Gasteiger partial charge in [0.25, 0.3) is 0 Å². The quantitative estimate of drug-likeness (QED) is 0.781. The second-order valence-corrected chi connectivity index (χ2v) is 10.2. The fourth-order valence-electron chi connectivity index (χ4n) is 2.52. The smallest absolute Gasteiger partial charge is 0.230 e. The molecule has 0 aromatic carbocycles. The molecule has 1 saturated heterocycles. The molecule has 1 amide bonds. The maximum absolute atomic E-state index is 11.8. The zero-order chi connectivity index (χ0) is 17.3. The van der Waals surface area contributed by atoms with Gasteiger partial charge in [-0.2, -0.15) is 0 Å². The molecular weight excluding hydrogens is 336 g/mol. The zero-order valence-electron chi connectivity index (χ0n) is 14.0. The number of thioether (sulfide) groups is 1. The fourth-order valence-corrected chi connectivity index (χ4v) is 5.12. The number of hydrogen-bond acceptors (Lipinski definition) is 6. The van der Waals surface area contributed by atoms with Crippen molar-refractivity contribution in [3.05, 3.63) is 5.82 Å². The predicted octanol–water partition coefficient (Wildman–Crippen LogP) is 0.799. The number of aromatic nitrogens is 3. The molecule has 2 heterocycles. The van der Waals surface area contributed by atoms with Gasteiger partial charge in [-0.3, -0.25) is 4.79 Å². The molecule has 1 atom stereocenters. The first-order chi connectivity index (χ1) is 10.6. The van der Waals surface area contributed by atoms with Gasteiger partial charge in [-0.15, -0.1) is 10.2 Å². The highest BCUT2D eigenvalue weighted by atomic mass is 32.2. The first kappa shape index (κ1) is 18.3. The number of sulfone groups is 1. The van der Waals surface area contributed by atoms with Crippen LogP contribution in [0.2, 0.25) is 0 Å². The molecule has 1 aromatic heterocycles. The molecule has 0 bridgehead atoms. The number of amides is 1. The summed E-state index contributed by atoms with van der Waals surface area (Å²) in [5.41, 5.74) is -0.253. The summed E-state index contributed by atoms with van der Waals surface area (Å²) in [4.78, 5) is 11.8. The molecule has 7 nitrogen and oxygen atoms in total. The van der Waals surface area contributed by atoms with E-state index in [0.29, 0.717) is 18.0 Å². The molecular formula is C14H24N4O3S2. The van der Waals surface area contributed by atoms with Gasteiger partial charge >= 0.3 is 0 Å². The third kappa shape index (κ3) is 5.49. The van der Waals surface area contributed by atoms with Crippen LogP contribution in [0.5, 0.6) is 0 Å². The van der Waals surface area contributed by atoms with Crippen molar-refractivity contribution in [1.29, 1.82) is 0 Å². The average molecular weight is 361 g/mol. The van der Waals surface area contributed by atoms with Crippen molar-refractivity contribution in [2.24, 2.45) is 13.0 Å². The van der Waals surface area contributed by atoms with Crippen LogP contribution in [-0.2, 0) is 28.1 Å². The van der Waals surface area contributed by atoms with Gasteiger partial charge < -0.3 is 9.88 Å². The maximum Gasteiger partial charge on any atom is 0.230 e. The van der Waals surface area contributed by atoms with E-state index in [2.05, 4.69) is 15.5 Å². The van der Waals surface area contributed by atoms with E-state index in [1.54, 1.807) is 0 Å². The summed E-state index contributed by atoms with van der Waals surface area (Å²) < 4.78 is 24.9. The molecule has 0 spiro atoms. The number of carbonyl (C=O) groups is 1. The van der Waals surface area contributed by atoms with Crippen LogP contribution in [0.4, 0.5) is 0 Å². The minimum absolute atomic E-state index is 0.0473. The third-order valence-corrected chi connectivity index (χ3v) is 6.43. The standard InChI is InChI=1S/C14H24N4O3S2/c1-14(2,3)15-12(19)8-22-13-17-16-11(18(13)4)7-10-5-6-23(20,21)9-10/h10H,5-9H2,1-4H3,(H,15,19)/t10-/m0/s1. The summed E-state index contributed by atoms with van der Waals surface area (Å²) in [7, 11) is -1.03. The van der Waals surface area contributed by atoms with Crippen LogP contribution >= 0.6 is 11.8 Å². The van der Waals surface area contributed by atoms with Gasteiger partial charge in [-0.25, -0.2) is 8.42 Å². The van der Waals surface area contributed by atoms with Crippen molar-refractivity contribution in [3.8, 4) is 0 Å². The molecule has 130 valence electrons. The predicted molar refractivity (Wildman–Crippen MR) is 90.1 cm³/mol. The van der Waals surface area contributed by atoms with Gasteiger partial charge in [-0.05, 0) is 33.1 Å².